The topological polar surface area (TPSA) is 207 Å². The van der Waals surface area contributed by atoms with Gasteiger partial charge in [0, 0.05) is 38.3 Å². The van der Waals surface area contributed by atoms with Gasteiger partial charge in [-0.15, -0.1) is 20.5 Å². The number of nitrogens with zero attached hydrogens (tertiary/aromatic N) is 4. The van der Waals surface area contributed by atoms with Crippen LogP contribution in [0.15, 0.2) is 24.3 Å². The van der Waals surface area contributed by atoms with Crippen LogP contribution in [-0.4, -0.2) is 100 Å². The van der Waals surface area contributed by atoms with Gasteiger partial charge in [0.2, 0.25) is 0 Å². The standard InChI is InChI=1S/C21H38N4O.2ClHO4.Ni/c1-22-11-7-12-24(3)17-18-25(14-8-13-23(2)16-15-22)19-20-9-5-6-10-21(20)26-4;2*2-1(3,4)5;/h5-6,9-10H,7-8,11-19H2,1-4H3;2*(H,2,3,4,5);/q;;;+2/p-2. The van der Waals surface area contributed by atoms with E-state index in [0.29, 0.717) is 0 Å². The second-order valence-electron chi connectivity index (χ2n) is 8.46. The van der Waals surface area contributed by atoms with Crippen LogP contribution in [0.5, 0.6) is 5.75 Å². The molecule has 0 saturated carbocycles. The summed E-state index contributed by atoms with van der Waals surface area (Å²) in [5.41, 5.74) is 1.29. The van der Waals surface area contributed by atoms with Gasteiger partial charge in [-0.1, -0.05) is 18.2 Å². The monoisotopic (exact) mass is 618 g/mol. The number of rotatable bonds is 3. The van der Waals surface area contributed by atoms with E-state index in [1.165, 1.54) is 31.5 Å². The minimum atomic E-state index is -4.94. The first-order valence-corrected chi connectivity index (χ1v) is 13.7. The molecule has 1 aromatic carbocycles. The number of halogens is 2. The number of likely N-dealkylation sites (N-methyl/N-ethyl adjacent to an activating group) is 3. The van der Waals surface area contributed by atoms with Crippen LogP contribution in [0.1, 0.15) is 18.4 Å². The molecule has 16 heteroatoms. The molecule has 220 valence electrons. The van der Waals surface area contributed by atoms with Crippen molar-refractivity contribution < 1.29 is 79.0 Å². The molecule has 1 saturated heterocycles. The van der Waals surface area contributed by atoms with Gasteiger partial charge >= 0.3 is 16.5 Å². The van der Waals surface area contributed by atoms with Gasteiger partial charge in [0.05, 0.1) is 7.11 Å². The summed E-state index contributed by atoms with van der Waals surface area (Å²) in [4.78, 5) is 9.99. The average Bonchev–Trinajstić information content (AvgIpc) is 2.73. The van der Waals surface area contributed by atoms with Crippen LogP contribution in [0.3, 0.4) is 0 Å². The van der Waals surface area contributed by atoms with Crippen molar-refractivity contribution in [2.75, 3.05) is 80.6 Å². The molecule has 0 aromatic heterocycles. The van der Waals surface area contributed by atoms with E-state index in [9.17, 15) is 0 Å². The molecule has 1 aliphatic heterocycles. The molecule has 0 N–H and O–H groups in total. The van der Waals surface area contributed by atoms with E-state index in [1.807, 2.05) is 6.07 Å². The quantitative estimate of drug-likeness (QED) is 0.288. The van der Waals surface area contributed by atoms with Crippen molar-refractivity contribution >= 4 is 0 Å². The molecule has 13 nitrogen and oxygen atoms in total. The maximum Gasteiger partial charge on any atom is 2.00 e. The third-order valence-electron chi connectivity index (χ3n) is 5.34. The van der Waals surface area contributed by atoms with Crippen molar-refractivity contribution in [1.29, 1.82) is 0 Å². The molecule has 1 heterocycles. The molecule has 0 bridgehead atoms. The Balaban J connectivity index is 0. The Bertz CT molecular complexity index is 679. The largest absolute Gasteiger partial charge is 2.00 e. The van der Waals surface area contributed by atoms with E-state index in [4.69, 9.17) is 42.0 Å². The van der Waals surface area contributed by atoms with E-state index in [0.717, 1.165) is 51.6 Å². The summed E-state index contributed by atoms with van der Waals surface area (Å²) in [6.45, 7) is 10.1. The zero-order valence-corrected chi connectivity index (χ0v) is 24.1. The average molecular weight is 620 g/mol. The Morgan fingerprint density at radius 3 is 1.46 bits per heavy atom. The summed E-state index contributed by atoms with van der Waals surface area (Å²) >= 11 is 0. The summed E-state index contributed by atoms with van der Waals surface area (Å²) in [6, 6.07) is 8.41. The Morgan fingerprint density at radius 1 is 0.649 bits per heavy atom. The van der Waals surface area contributed by atoms with Crippen molar-refractivity contribution in [3.8, 4) is 5.75 Å². The second kappa shape index (κ2) is 20.5. The maximum absolute atomic E-state index is 8.49. The number of methoxy groups -OCH3 is 1. The van der Waals surface area contributed by atoms with Crippen molar-refractivity contribution in [1.82, 2.24) is 19.6 Å². The first-order valence-electron chi connectivity index (χ1n) is 11.2. The van der Waals surface area contributed by atoms with Crippen molar-refractivity contribution in [3.63, 3.8) is 0 Å². The zero-order valence-electron chi connectivity index (χ0n) is 21.6. The predicted molar refractivity (Wildman–Crippen MR) is 110 cm³/mol. The van der Waals surface area contributed by atoms with Crippen molar-refractivity contribution in [3.05, 3.63) is 29.8 Å². The van der Waals surface area contributed by atoms with Gasteiger partial charge in [0.25, 0.3) is 0 Å². The molecule has 1 aliphatic rings. The minimum absolute atomic E-state index is 0. The molecule has 37 heavy (non-hydrogen) atoms. The summed E-state index contributed by atoms with van der Waals surface area (Å²) in [5.74, 6) is 1.00. The van der Waals surface area contributed by atoms with Gasteiger partial charge in [-0.05, 0) is 66.2 Å². The van der Waals surface area contributed by atoms with Gasteiger partial charge in [-0.3, -0.25) is 4.90 Å². The van der Waals surface area contributed by atoms with Crippen LogP contribution in [0.2, 0.25) is 0 Å². The fourth-order valence-corrected chi connectivity index (χ4v) is 3.51. The summed E-state index contributed by atoms with van der Waals surface area (Å²) < 4.78 is 73.5. The Morgan fingerprint density at radius 2 is 1.03 bits per heavy atom. The normalized spacial score (nSPS) is 18.3. The fraction of sp³-hybridized carbons (Fsp3) is 0.714. The van der Waals surface area contributed by atoms with Gasteiger partial charge < -0.3 is 19.4 Å². The number of ether oxygens (including phenoxy) is 1. The first-order chi connectivity index (χ1) is 16.6. The van der Waals surface area contributed by atoms with Crippen molar-refractivity contribution in [2.45, 2.75) is 19.4 Å². The SMILES string of the molecule is COc1ccccc1CN1CCCN(C)CCN(C)CCCN(C)CC1.[Ni+2].[O-][Cl+3]([O-])([O-])[O-].[O-][Cl+3]([O-])([O-])[O-]. The van der Waals surface area contributed by atoms with Crippen molar-refractivity contribution in [2.24, 2.45) is 0 Å². The van der Waals surface area contributed by atoms with E-state index < -0.39 is 20.5 Å². The Kier molecular flexibility index (Phi) is 21.5. The number of hydrogen-bond donors (Lipinski definition) is 0. The molecule has 0 amide bonds. The van der Waals surface area contributed by atoms with E-state index in [2.05, 4.69) is 58.9 Å². The molecular weight excluding hydrogens is 582 g/mol. The van der Waals surface area contributed by atoms with E-state index in [1.54, 1.807) is 7.11 Å². The van der Waals surface area contributed by atoms with Crippen LogP contribution in [0.4, 0.5) is 0 Å². The van der Waals surface area contributed by atoms with Crippen LogP contribution in [0, 0.1) is 20.5 Å². The zero-order chi connectivity index (χ0) is 27.8. The molecule has 0 spiro atoms. The maximum atomic E-state index is 8.49. The smallest absolute Gasteiger partial charge is 0.496 e. The summed E-state index contributed by atoms with van der Waals surface area (Å²) in [7, 11) is -1.38. The molecule has 1 aromatic rings. The molecule has 0 unspecified atom stereocenters. The first kappa shape index (κ1) is 38.8. The fourth-order valence-electron chi connectivity index (χ4n) is 3.51. The van der Waals surface area contributed by atoms with E-state index in [-0.39, 0.29) is 16.5 Å². The van der Waals surface area contributed by atoms with Crippen LogP contribution >= 0.6 is 0 Å². The van der Waals surface area contributed by atoms with Crippen LogP contribution in [0.25, 0.3) is 0 Å². The third kappa shape index (κ3) is 27.0. The molecule has 0 radical (unpaired) electrons. The number of para-hydroxylation sites is 1. The molecule has 0 atom stereocenters. The van der Waals surface area contributed by atoms with Gasteiger partial charge in [0.1, 0.15) is 5.75 Å². The minimum Gasteiger partial charge on any atom is -0.496 e. The van der Waals surface area contributed by atoms with Gasteiger partial charge in [0.15, 0.2) is 0 Å². The second-order valence-corrected chi connectivity index (χ2v) is 9.97. The molecule has 2 rings (SSSR count). The summed E-state index contributed by atoms with van der Waals surface area (Å²) in [6.07, 6.45) is 2.45. The van der Waals surface area contributed by atoms with Gasteiger partial charge in [-0.2, -0.15) is 0 Å². The molecule has 1 fully saturated rings. The predicted octanol–water partition coefficient (Wildman–Crippen LogP) is -7.43. The Hall–Kier alpha value is -0.386. The van der Waals surface area contributed by atoms with Crippen LogP contribution in [-0.2, 0) is 23.0 Å². The third-order valence-corrected chi connectivity index (χ3v) is 5.34. The Labute approximate surface area is 233 Å². The number of hydrogen-bond acceptors (Lipinski definition) is 13. The molecular formula is C21H38Cl2N4NiO9. The summed E-state index contributed by atoms with van der Waals surface area (Å²) in [5, 5.41) is 0. The van der Waals surface area contributed by atoms with Crippen LogP contribution < -0.4 is 42.0 Å². The van der Waals surface area contributed by atoms with Gasteiger partial charge in [-0.25, -0.2) is 37.3 Å². The molecule has 0 aliphatic carbocycles. The van der Waals surface area contributed by atoms with E-state index >= 15 is 0 Å². The number of benzene rings is 1.